The Labute approximate surface area is 116 Å². The summed E-state index contributed by atoms with van der Waals surface area (Å²) in [6.07, 6.45) is 10.2. The van der Waals surface area contributed by atoms with Gasteiger partial charge in [-0.25, -0.2) is 0 Å². The van der Waals surface area contributed by atoms with Crippen molar-refractivity contribution >= 4 is 0 Å². The highest BCUT2D eigenvalue weighted by atomic mass is 15.0. The van der Waals surface area contributed by atoms with Crippen molar-refractivity contribution in [3.8, 4) is 0 Å². The topological polar surface area (TPSA) is 12.0 Å². The molecule has 3 aliphatic carbocycles. The summed E-state index contributed by atoms with van der Waals surface area (Å²) in [5.74, 6) is 1.84. The number of hydrogen-bond acceptors (Lipinski definition) is 1. The first-order chi connectivity index (χ1) is 9.36. The van der Waals surface area contributed by atoms with Gasteiger partial charge in [-0.3, -0.25) is 0 Å². The second-order valence-corrected chi connectivity index (χ2v) is 7.13. The molecule has 0 bridgehead atoms. The van der Waals surface area contributed by atoms with E-state index in [1.54, 1.807) is 5.56 Å². The minimum atomic E-state index is 0.757. The minimum Gasteiger partial charge on any atom is -0.314 e. The molecule has 102 valence electrons. The fourth-order valence-corrected chi connectivity index (χ4v) is 4.18. The molecule has 0 radical (unpaired) electrons. The molecule has 4 rings (SSSR count). The van der Waals surface area contributed by atoms with Crippen molar-refractivity contribution in [1.82, 2.24) is 5.32 Å². The van der Waals surface area contributed by atoms with Gasteiger partial charge >= 0.3 is 0 Å². The van der Waals surface area contributed by atoms with Crippen LogP contribution in [0.1, 0.15) is 56.4 Å². The highest BCUT2D eigenvalue weighted by molar-refractivity contribution is 5.21. The Morgan fingerprint density at radius 1 is 1.00 bits per heavy atom. The maximum absolute atomic E-state index is 3.73. The van der Waals surface area contributed by atoms with E-state index in [1.165, 1.54) is 51.5 Å². The standard InChI is InChI=1S/C18H25N/c1-2-4-14(5-3-1)15-8-10-18(11-9-15)12-16(18)13-19-17-6-7-17/h1-5,15-17,19H,6-13H2. The second kappa shape index (κ2) is 4.63. The molecule has 1 heteroatoms. The fraction of sp³-hybridized carbons (Fsp3) is 0.667. The van der Waals surface area contributed by atoms with Crippen LogP contribution in [0.15, 0.2) is 30.3 Å². The summed E-state index contributed by atoms with van der Waals surface area (Å²) in [7, 11) is 0. The maximum Gasteiger partial charge on any atom is 0.00683 e. The number of rotatable bonds is 4. The molecule has 0 heterocycles. The van der Waals surface area contributed by atoms with E-state index in [0.29, 0.717) is 0 Å². The normalized spacial score (nSPS) is 37.5. The predicted molar refractivity (Wildman–Crippen MR) is 79.2 cm³/mol. The van der Waals surface area contributed by atoms with E-state index in [4.69, 9.17) is 0 Å². The van der Waals surface area contributed by atoms with Gasteiger partial charge in [0.05, 0.1) is 0 Å². The summed E-state index contributed by atoms with van der Waals surface area (Å²) < 4.78 is 0. The quantitative estimate of drug-likeness (QED) is 0.854. The van der Waals surface area contributed by atoms with Crippen molar-refractivity contribution in [3.63, 3.8) is 0 Å². The van der Waals surface area contributed by atoms with E-state index in [9.17, 15) is 0 Å². The summed E-state index contributed by atoms with van der Waals surface area (Å²) in [6.45, 7) is 1.31. The highest BCUT2D eigenvalue weighted by Gasteiger charge is 2.54. The first-order valence-electron chi connectivity index (χ1n) is 8.14. The molecule has 3 saturated carbocycles. The fourth-order valence-electron chi connectivity index (χ4n) is 4.18. The lowest BCUT2D eigenvalue weighted by atomic mass is 9.76. The minimum absolute atomic E-state index is 0.757. The molecule has 0 amide bonds. The van der Waals surface area contributed by atoms with E-state index in [0.717, 1.165) is 23.3 Å². The lowest BCUT2D eigenvalue weighted by Crippen LogP contribution is -2.23. The lowest BCUT2D eigenvalue weighted by molar-refractivity contribution is 0.278. The average Bonchev–Trinajstić information content (AvgIpc) is 3.36. The largest absolute Gasteiger partial charge is 0.314 e. The molecule has 3 fully saturated rings. The Bertz CT molecular complexity index is 426. The van der Waals surface area contributed by atoms with Gasteiger partial charge in [-0.1, -0.05) is 30.3 Å². The summed E-state index contributed by atoms with van der Waals surface area (Å²) in [5.41, 5.74) is 2.33. The molecule has 19 heavy (non-hydrogen) atoms. The van der Waals surface area contributed by atoms with Gasteiger partial charge in [0.1, 0.15) is 0 Å². The van der Waals surface area contributed by atoms with Crippen LogP contribution in [0.5, 0.6) is 0 Å². The average molecular weight is 255 g/mol. The van der Waals surface area contributed by atoms with Gasteiger partial charge in [-0.2, -0.15) is 0 Å². The van der Waals surface area contributed by atoms with Crippen molar-refractivity contribution in [2.45, 2.75) is 56.9 Å². The Hall–Kier alpha value is -0.820. The molecule has 1 nitrogen and oxygen atoms in total. The van der Waals surface area contributed by atoms with Gasteiger partial charge in [0.2, 0.25) is 0 Å². The van der Waals surface area contributed by atoms with Crippen LogP contribution >= 0.6 is 0 Å². The third kappa shape index (κ3) is 2.45. The third-order valence-corrected chi connectivity index (χ3v) is 5.84. The maximum atomic E-state index is 3.73. The van der Waals surface area contributed by atoms with Gasteiger partial charge < -0.3 is 5.32 Å². The van der Waals surface area contributed by atoms with E-state index in [2.05, 4.69) is 35.6 Å². The van der Waals surface area contributed by atoms with Crippen LogP contribution in [0.2, 0.25) is 0 Å². The predicted octanol–water partition coefficient (Wildman–Crippen LogP) is 4.10. The molecule has 1 N–H and O–H groups in total. The summed E-state index contributed by atoms with van der Waals surface area (Å²) in [6, 6.07) is 12.1. The van der Waals surface area contributed by atoms with Crippen LogP contribution in [0.4, 0.5) is 0 Å². The van der Waals surface area contributed by atoms with Crippen LogP contribution in [-0.2, 0) is 0 Å². The molecule has 1 spiro atoms. The highest BCUT2D eigenvalue weighted by Crippen LogP contribution is 2.62. The van der Waals surface area contributed by atoms with E-state index in [1.807, 2.05) is 0 Å². The number of hydrogen-bond donors (Lipinski definition) is 1. The van der Waals surface area contributed by atoms with Crippen LogP contribution < -0.4 is 5.32 Å². The molecule has 1 unspecified atom stereocenters. The molecule has 0 aromatic heterocycles. The zero-order valence-electron chi connectivity index (χ0n) is 11.8. The van der Waals surface area contributed by atoms with Crippen LogP contribution in [0.3, 0.4) is 0 Å². The summed E-state index contributed by atoms with van der Waals surface area (Å²) >= 11 is 0. The van der Waals surface area contributed by atoms with Crippen LogP contribution in [0, 0.1) is 11.3 Å². The molecular weight excluding hydrogens is 230 g/mol. The molecule has 0 saturated heterocycles. The van der Waals surface area contributed by atoms with Crippen molar-refractivity contribution < 1.29 is 0 Å². The summed E-state index contributed by atoms with van der Waals surface area (Å²) in [4.78, 5) is 0. The van der Waals surface area contributed by atoms with Crippen molar-refractivity contribution in [2.24, 2.45) is 11.3 Å². The molecule has 1 aromatic carbocycles. The number of benzene rings is 1. The summed E-state index contributed by atoms with van der Waals surface area (Å²) in [5, 5.41) is 3.73. The van der Waals surface area contributed by atoms with Gasteiger partial charge in [0.15, 0.2) is 0 Å². The first-order valence-corrected chi connectivity index (χ1v) is 8.14. The molecule has 1 atom stereocenters. The van der Waals surface area contributed by atoms with Crippen LogP contribution in [0.25, 0.3) is 0 Å². The molecule has 0 aliphatic heterocycles. The van der Waals surface area contributed by atoms with Gasteiger partial charge in [-0.05, 0) is 74.3 Å². The second-order valence-electron chi connectivity index (χ2n) is 7.13. The van der Waals surface area contributed by atoms with E-state index >= 15 is 0 Å². The Kier molecular flexibility index (Phi) is 2.91. The molecular formula is C18H25N. The van der Waals surface area contributed by atoms with Gasteiger partial charge in [-0.15, -0.1) is 0 Å². The number of nitrogens with one attached hydrogen (secondary N) is 1. The Morgan fingerprint density at radius 2 is 1.74 bits per heavy atom. The van der Waals surface area contributed by atoms with E-state index < -0.39 is 0 Å². The SMILES string of the molecule is c1ccc(C2CCC3(CC2)CC3CNC2CC2)cc1. The van der Waals surface area contributed by atoms with Crippen LogP contribution in [-0.4, -0.2) is 12.6 Å². The molecule has 3 aliphatic rings. The monoisotopic (exact) mass is 255 g/mol. The van der Waals surface area contributed by atoms with Crippen molar-refractivity contribution in [3.05, 3.63) is 35.9 Å². The smallest absolute Gasteiger partial charge is 0.00683 e. The Balaban J connectivity index is 1.30. The zero-order valence-corrected chi connectivity index (χ0v) is 11.8. The van der Waals surface area contributed by atoms with Crippen molar-refractivity contribution in [1.29, 1.82) is 0 Å². The van der Waals surface area contributed by atoms with Gasteiger partial charge in [0, 0.05) is 6.04 Å². The first kappa shape index (κ1) is 12.0. The molecule has 1 aromatic rings. The zero-order chi connectivity index (χ0) is 12.7. The Morgan fingerprint density at radius 3 is 2.42 bits per heavy atom. The van der Waals surface area contributed by atoms with Crippen molar-refractivity contribution in [2.75, 3.05) is 6.54 Å². The van der Waals surface area contributed by atoms with E-state index in [-0.39, 0.29) is 0 Å². The lowest BCUT2D eigenvalue weighted by Gasteiger charge is -2.30. The third-order valence-electron chi connectivity index (χ3n) is 5.84. The van der Waals surface area contributed by atoms with Gasteiger partial charge in [0.25, 0.3) is 0 Å².